The van der Waals surface area contributed by atoms with Crippen LogP contribution in [0.3, 0.4) is 0 Å². The molecular weight excluding hydrogens is 266 g/mol. The van der Waals surface area contributed by atoms with E-state index in [-0.39, 0.29) is 24.3 Å². The highest BCUT2D eigenvalue weighted by Crippen LogP contribution is 2.28. The van der Waals surface area contributed by atoms with Gasteiger partial charge in [0.1, 0.15) is 6.04 Å². The normalized spacial score (nSPS) is 23.7. The van der Waals surface area contributed by atoms with Crippen LogP contribution in [-0.2, 0) is 9.59 Å². The molecule has 2 amide bonds. The number of nitrogens with one attached hydrogen (secondary N) is 1. The van der Waals surface area contributed by atoms with Crippen LogP contribution in [0.15, 0.2) is 18.3 Å². The Balaban J connectivity index is 1.71. The Labute approximate surface area is 124 Å². The number of rotatable bonds is 3. The minimum absolute atomic E-state index is 0.0322. The molecule has 1 saturated carbocycles. The summed E-state index contributed by atoms with van der Waals surface area (Å²) >= 11 is 0. The van der Waals surface area contributed by atoms with Crippen LogP contribution < -0.4 is 5.32 Å². The number of amides is 2. The summed E-state index contributed by atoms with van der Waals surface area (Å²) < 4.78 is 0. The summed E-state index contributed by atoms with van der Waals surface area (Å²) in [4.78, 5) is 30.4. The van der Waals surface area contributed by atoms with Gasteiger partial charge in [-0.3, -0.25) is 19.5 Å². The highest BCUT2D eigenvalue weighted by Gasteiger charge is 2.42. The topological polar surface area (TPSA) is 62.3 Å². The average Bonchev–Trinajstić information content (AvgIpc) is 2.74. The molecule has 1 N–H and O–H groups in total. The number of anilines is 1. The molecule has 0 spiro atoms. The van der Waals surface area contributed by atoms with Gasteiger partial charge in [-0.2, -0.15) is 0 Å². The molecule has 5 nitrogen and oxygen atoms in total. The SMILES string of the molecule is Cc1cc(NC2CC(=O)N(C3CCCCC3)C2=O)ccn1. The maximum absolute atomic E-state index is 12.5. The van der Waals surface area contributed by atoms with Crippen LogP contribution in [0, 0.1) is 6.92 Å². The Morgan fingerprint density at radius 1 is 1.24 bits per heavy atom. The number of carbonyl (C=O) groups excluding carboxylic acids is 2. The third-order valence-electron chi connectivity index (χ3n) is 4.36. The molecule has 1 atom stereocenters. The van der Waals surface area contributed by atoms with Crippen molar-refractivity contribution in [1.82, 2.24) is 9.88 Å². The predicted octanol–water partition coefficient (Wildman–Crippen LogP) is 2.26. The van der Waals surface area contributed by atoms with Crippen molar-refractivity contribution >= 4 is 17.5 Å². The molecule has 1 aromatic rings. The van der Waals surface area contributed by atoms with Crippen molar-refractivity contribution in [3.8, 4) is 0 Å². The van der Waals surface area contributed by atoms with Crippen LogP contribution in [0.4, 0.5) is 5.69 Å². The predicted molar refractivity (Wildman–Crippen MR) is 79.7 cm³/mol. The molecule has 2 fully saturated rings. The van der Waals surface area contributed by atoms with E-state index in [0.717, 1.165) is 37.1 Å². The molecular formula is C16H21N3O2. The number of likely N-dealkylation sites (tertiary alicyclic amines) is 1. The van der Waals surface area contributed by atoms with Crippen molar-refractivity contribution < 1.29 is 9.59 Å². The molecule has 5 heteroatoms. The molecule has 0 radical (unpaired) electrons. The van der Waals surface area contributed by atoms with E-state index in [1.807, 2.05) is 19.1 Å². The number of nitrogens with zero attached hydrogens (tertiary/aromatic N) is 2. The standard InChI is InChI=1S/C16H21N3O2/c1-11-9-12(7-8-17-11)18-14-10-15(20)19(16(14)21)13-5-3-2-4-6-13/h7-9,13-14H,2-6,10H2,1H3,(H,17,18). The molecule has 3 rings (SSSR count). The number of imide groups is 1. The second kappa shape index (κ2) is 5.84. The summed E-state index contributed by atoms with van der Waals surface area (Å²) in [6, 6.07) is 3.40. The Hall–Kier alpha value is -1.91. The number of hydrogen-bond acceptors (Lipinski definition) is 4. The van der Waals surface area contributed by atoms with Crippen LogP contribution in [-0.4, -0.2) is 33.8 Å². The van der Waals surface area contributed by atoms with E-state index in [1.54, 1.807) is 6.20 Å². The number of pyridine rings is 1. The van der Waals surface area contributed by atoms with E-state index in [4.69, 9.17) is 0 Å². The van der Waals surface area contributed by atoms with Gasteiger partial charge in [-0.15, -0.1) is 0 Å². The Morgan fingerprint density at radius 3 is 2.71 bits per heavy atom. The molecule has 2 heterocycles. The van der Waals surface area contributed by atoms with Crippen LogP contribution in [0.25, 0.3) is 0 Å². The van der Waals surface area contributed by atoms with Gasteiger partial charge in [0.25, 0.3) is 5.91 Å². The fraction of sp³-hybridized carbons (Fsp3) is 0.562. The van der Waals surface area contributed by atoms with E-state index >= 15 is 0 Å². The molecule has 1 unspecified atom stereocenters. The van der Waals surface area contributed by atoms with Gasteiger partial charge in [-0.05, 0) is 31.9 Å². The van der Waals surface area contributed by atoms with E-state index in [2.05, 4.69) is 10.3 Å². The van der Waals surface area contributed by atoms with E-state index in [0.29, 0.717) is 0 Å². The zero-order valence-corrected chi connectivity index (χ0v) is 12.3. The van der Waals surface area contributed by atoms with Gasteiger partial charge in [0.05, 0.1) is 6.42 Å². The third-order valence-corrected chi connectivity index (χ3v) is 4.36. The first-order valence-electron chi connectivity index (χ1n) is 7.70. The summed E-state index contributed by atoms with van der Waals surface area (Å²) in [6.07, 6.45) is 7.32. The largest absolute Gasteiger partial charge is 0.373 e. The lowest BCUT2D eigenvalue weighted by molar-refractivity contribution is -0.141. The minimum atomic E-state index is -0.429. The highest BCUT2D eigenvalue weighted by atomic mass is 16.2. The van der Waals surface area contributed by atoms with Crippen molar-refractivity contribution in [3.63, 3.8) is 0 Å². The van der Waals surface area contributed by atoms with Crippen LogP contribution in [0.5, 0.6) is 0 Å². The third kappa shape index (κ3) is 2.91. The number of aromatic nitrogens is 1. The smallest absolute Gasteiger partial charge is 0.252 e. The summed E-state index contributed by atoms with van der Waals surface area (Å²) in [6.45, 7) is 1.90. The van der Waals surface area contributed by atoms with E-state index in [1.165, 1.54) is 11.3 Å². The van der Waals surface area contributed by atoms with Crippen molar-refractivity contribution in [3.05, 3.63) is 24.0 Å². The summed E-state index contributed by atoms with van der Waals surface area (Å²) in [5.41, 5.74) is 1.74. The fourth-order valence-corrected chi connectivity index (χ4v) is 3.32. The van der Waals surface area contributed by atoms with Crippen LogP contribution in [0.1, 0.15) is 44.2 Å². The molecule has 1 saturated heterocycles. The molecule has 1 aliphatic carbocycles. The van der Waals surface area contributed by atoms with Gasteiger partial charge < -0.3 is 5.32 Å². The molecule has 112 valence electrons. The Kier molecular flexibility index (Phi) is 3.90. The molecule has 0 aromatic carbocycles. The maximum Gasteiger partial charge on any atom is 0.252 e. The number of hydrogen-bond donors (Lipinski definition) is 1. The Morgan fingerprint density at radius 2 is 2.00 bits per heavy atom. The first-order valence-corrected chi connectivity index (χ1v) is 7.70. The molecule has 1 aliphatic heterocycles. The lowest BCUT2D eigenvalue weighted by atomic mass is 9.94. The van der Waals surface area contributed by atoms with Gasteiger partial charge >= 0.3 is 0 Å². The summed E-state index contributed by atoms with van der Waals surface area (Å²) in [7, 11) is 0. The molecule has 21 heavy (non-hydrogen) atoms. The van der Waals surface area contributed by atoms with Crippen molar-refractivity contribution in [2.24, 2.45) is 0 Å². The molecule has 0 bridgehead atoms. The van der Waals surface area contributed by atoms with Gasteiger partial charge in [0.2, 0.25) is 5.91 Å². The molecule has 1 aromatic heterocycles. The van der Waals surface area contributed by atoms with Crippen LogP contribution in [0.2, 0.25) is 0 Å². The fourth-order valence-electron chi connectivity index (χ4n) is 3.32. The quantitative estimate of drug-likeness (QED) is 0.866. The second-order valence-corrected chi connectivity index (χ2v) is 5.98. The average molecular weight is 287 g/mol. The van der Waals surface area contributed by atoms with Gasteiger partial charge in [-0.1, -0.05) is 19.3 Å². The van der Waals surface area contributed by atoms with Crippen molar-refractivity contribution in [2.75, 3.05) is 5.32 Å². The molecule has 2 aliphatic rings. The number of aryl methyl sites for hydroxylation is 1. The summed E-state index contributed by atoms with van der Waals surface area (Å²) in [5, 5.41) is 3.18. The first-order chi connectivity index (χ1) is 10.1. The van der Waals surface area contributed by atoms with Gasteiger partial charge in [0.15, 0.2) is 0 Å². The summed E-state index contributed by atoms with van der Waals surface area (Å²) in [5.74, 6) is -0.100. The van der Waals surface area contributed by atoms with E-state index in [9.17, 15) is 9.59 Å². The second-order valence-electron chi connectivity index (χ2n) is 5.98. The van der Waals surface area contributed by atoms with Crippen LogP contribution >= 0.6 is 0 Å². The minimum Gasteiger partial charge on any atom is -0.373 e. The van der Waals surface area contributed by atoms with Crippen molar-refractivity contribution in [2.45, 2.75) is 57.5 Å². The maximum atomic E-state index is 12.5. The van der Waals surface area contributed by atoms with Gasteiger partial charge in [0, 0.05) is 23.6 Å². The highest BCUT2D eigenvalue weighted by molar-refractivity contribution is 6.07. The Bertz CT molecular complexity index is 552. The van der Waals surface area contributed by atoms with E-state index < -0.39 is 6.04 Å². The number of carbonyl (C=O) groups is 2. The lowest BCUT2D eigenvalue weighted by Gasteiger charge is -2.29. The monoisotopic (exact) mass is 287 g/mol. The van der Waals surface area contributed by atoms with Crippen molar-refractivity contribution in [1.29, 1.82) is 0 Å². The first kappa shape index (κ1) is 14.0. The lowest BCUT2D eigenvalue weighted by Crippen LogP contribution is -2.43. The van der Waals surface area contributed by atoms with Gasteiger partial charge in [-0.25, -0.2) is 0 Å². The zero-order chi connectivity index (χ0) is 14.8. The zero-order valence-electron chi connectivity index (χ0n) is 12.3.